The topological polar surface area (TPSA) is 79.3 Å². The molecule has 5 rings (SSSR count). The van der Waals surface area contributed by atoms with Crippen LogP contribution >= 0.6 is 0 Å². The van der Waals surface area contributed by atoms with Crippen molar-refractivity contribution in [3.8, 4) is 11.5 Å². The monoisotopic (exact) mass is 512 g/mol. The van der Waals surface area contributed by atoms with E-state index in [2.05, 4.69) is 18.7 Å². The Morgan fingerprint density at radius 1 is 1.03 bits per heavy atom. The van der Waals surface area contributed by atoms with Gasteiger partial charge in [-0.25, -0.2) is 0 Å². The average molecular weight is 513 g/mol. The highest BCUT2D eigenvalue weighted by atomic mass is 16.5. The molecule has 3 aromatic carbocycles. The third-order valence-corrected chi connectivity index (χ3v) is 7.30. The highest BCUT2D eigenvalue weighted by Crippen LogP contribution is 2.43. The number of methoxy groups -OCH3 is 1. The van der Waals surface area contributed by atoms with E-state index in [1.165, 1.54) is 4.90 Å². The van der Waals surface area contributed by atoms with E-state index in [-0.39, 0.29) is 17.4 Å². The zero-order valence-electron chi connectivity index (χ0n) is 22.1. The smallest absolute Gasteiger partial charge is 0.300 e. The Labute approximate surface area is 222 Å². The number of carbonyl (C=O) groups excluding carboxylic acids is 2. The first-order valence-corrected chi connectivity index (χ1v) is 13.0. The Bertz CT molecular complexity index is 1390. The zero-order valence-corrected chi connectivity index (χ0v) is 22.1. The highest BCUT2D eigenvalue weighted by molar-refractivity contribution is 6.51. The number of hydrogen-bond acceptors (Lipinski definition) is 6. The summed E-state index contributed by atoms with van der Waals surface area (Å²) in [7, 11) is 1.57. The van der Waals surface area contributed by atoms with Crippen LogP contribution in [0.4, 0.5) is 11.4 Å². The van der Waals surface area contributed by atoms with E-state index in [0.717, 1.165) is 35.7 Å². The van der Waals surface area contributed by atoms with Crippen molar-refractivity contribution in [1.29, 1.82) is 0 Å². The number of ketones is 1. The Kier molecular flexibility index (Phi) is 6.85. The van der Waals surface area contributed by atoms with Crippen LogP contribution < -0.4 is 19.3 Å². The average Bonchev–Trinajstić information content (AvgIpc) is 3.44. The van der Waals surface area contributed by atoms with E-state index >= 15 is 0 Å². The van der Waals surface area contributed by atoms with Crippen LogP contribution in [0.2, 0.25) is 0 Å². The minimum absolute atomic E-state index is 0.0485. The predicted octanol–water partition coefficient (Wildman–Crippen LogP) is 5.49. The minimum Gasteiger partial charge on any atom is -0.507 e. The van der Waals surface area contributed by atoms with Gasteiger partial charge >= 0.3 is 0 Å². The molecule has 2 atom stereocenters. The first kappa shape index (κ1) is 25.4. The van der Waals surface area contributed by atoms with E-state index < -0.39 is 17.7 Å². The van der Waals surface area contributed by atoms with Gasteiger partial charge < -0.3 is 19.5 Å². The van der Waals surface area contributed by atoms with E-state index in [1.807, 2.05) is 37.3 Å². The second-order valence-electron chi connectivity index (χ2n) is 9.59. The van der Waals surface area contributed by atoms with Gasteiger partial charge in [-0.15, -0.1) is 0 Å². The molecule has 1 fully saturated rings. The third kappa shape index (κ3) is 4.38. The number of amides is 1. The zero-order chi connectivity index (χ0) is 27.0. The number of anilines is 2. The molecule has 0 radical (unpaired) electrons. The number of hydrogen-bond donors (Lipinski definition) is 1. The summed E-state index contributed by atoms with van der Waals surface area (Å²) in [6.07, 6.45) is 0.764. The van der Waals surface area contributed by atoms with Gasteiger partial charge in [-0.1, -0.05) is 12.1 Å². The largest absolute Gasteiger partial charge is 0.507 e. The van der Waals surface area contributed by atoms with Gasteiger partial charge in [0.1, 0.15) is 23.4 Å². The van der Waals surface area contributed by atoms with Crippen molar-refractivity contribution in [1.82, 2.24) is 0 Å². The highest BCUT2D eigenvalue weighted by Gasteiger charge is 2.47. The number of nitrogens with zero attached hydrogens (tertiary/aromatic N) is 2. The molecule has 1 saturated heterocycles. The van der Waals surface area contributed by atoms with Crippen LogP contribution in [0.25, 0.3) is 5.76 Å². The fraction of sp³-hybridized carbons (Fsp3) is 0.290. The normalized spacial score (nSPS) is 19.8. The van der Waals surface area contributed by atoms with Crippen LogP contribution in [0.15, 0.2) is 72.3 Å². The lowest BCUT2D eigenvalue weighted by atomic mass is 9.94. The van der Waals surface area contributed by atoms with Gasteiger partial charge in [-0.2, -0.15) is 0 Å². The molecule has 0 aromatic heterocycles. The summed E-state index contributed by atoms with van der Waals surface area (Å²) in [5.41, 5.74) is 3.84. The van der Waals surface area contributed by atoms with Gasteiger partial charge in [0.15, 0.2) is 0 Å². The molecule has 38 heavy (non-hydrogen) atoms. The number of aliphatic hydroxyl groups excluding tert-OH is 1. The maximum absolute atomic E-state index is 13.5. The molecule has 7 nitrogen and oxygen atoms in total. The summed E-state index contributed by atoms with van der Waals surface area (Å²) in [6.45, 7) is 7.90. The predicted molar refractivity (Wildman–Crippen MR) is 148 cm³/mol. The number of benzene rings is 3. The Morgan fingerprint density at radius 3 is 2.34 bits per heavy atom. The minimum atomic E-state index is -0.794. The van der Waals surface area contributed by atoms with Crippen molar-refractivity contribution in [2.24, 2.45) is 0 Å². The van der Waals surface area contributed by atoms with Crippen LogP contribution in [-0.4, -0.2) is 43.1 Å². The van der Waals surface area contributed by atoms with E-state index in [4.69, 9.17) is 9.47 Å². The summed E-state index contributed by atoms with van der Waals surface area (Å²) >= 11 is 0. The van der Waals surface area contributed by atoms with Crippen LogP contribution in [0.5, 0.6) is 11.5 Å². The lowest BCUT2D eigenvalue weighted by molar-refractivity contribution is -0.132. The van der Waals surface area contributed by atoms with Crippen LogP contribution in [0, 0.1) is 0 Å². The van der Waals surface area contributed by atoms with Crippen LogP contribution in [-0.2, 0) is 16.0 Å². The van der Waals surface area contributed by atoms with Gasteiger partial charge in [0.25, 0.3) is 11.7 Å². The summed E-state index contributed by atoms with van der Waals surface area (Å²) in [5.74, 6) is -0.190. The molecule has 0 saturated carbocycles. The van der Waals surface area contributed by atoms with E-state index in [9.17, 15) is 14.7 Å². The lowest BCUT2D eigenvalue weighted by Crippen LogP contribution is -2.29. The van der Waals surface area contributed by atoms with Gasteiger partial charge in [0.05, 0.1) is 18.7 Å². The van der Waals surface area contributed by atoms with E-state index in [0.29, 0.717) is 23.4 Å². The van der Waals surface area contributed by atoms with Crippen molar-refractivity contribution in [3.05, 3.63) is 89.0 Å². The Morgan fingerprint density at radius 2 is 1.71 bits per heavy atom. The maximum atomic E-state index is 13.5. The molecule has 0 bridgehead atoms. The van der Waals surface area contributed by atoms with Gasteiger partial charge in [-0.3, -0.25) is 14.5 Å². The van der Waals surface area contributed by atoms with E-state index in [1.54, 1.807) is 43.5 Å². The molecular weight excluding hydrogens is 480 g/mol. The molecular formula is C31H32N2O5. The van der Waals surface area contributed by atoms with Crippen LogP contribution in [0.3, 0.4) is 0 Å². The van der Waals surface area contributed by atoms with Crippen molar-refractivity contribution in [3.63, 3.8) is 0 Å². The molecule has 1 N–H and O–H groups in total. The fourth-order valence-electron chi connectivity index (χ4n) is 5.34. The summed E-state index contributed by atoms with van der Waals surface area (Å²) in [4.78, 5) is 30.6. The summed E-state index contributed by atoms with van der Waals surface area (Å²) < 4.78 is 11.1. The molecule has 0 aliphatic carbocycles. The van der Waals surface area contributed by atoms with Crippen molar-refractivity contribution < 1.29 is 24.2 Å². The van der Waals surface area contributed by atoms with Gasteiger partial charge in [0.2, 0.25) is 0 Å². The van der Waals surface area contributed by atoms with Crippen molar-refractivity contribution in [2.45, 2.75) is 39.3 Å². The molecule has 2 aliphatic rings. The number of ether oxygens (including phenoxy) is 2. The molecule has 2 aliphatic heterocycles. The maximum Gasteiger partial charge on any atom is 0.300 e. The van der Waals surface area contributed by atoms with Crippen LogP contribution in [0.1, 0.15) is 43.5 Å². The van der Waals surface area contributed by atoms with Gasteiger partial charge in [-0.05, 0) is 86.5 Å². The SMILES string of the molecule is CCN(CC)c1ccc(C2/C(=C(/O)c3ccc4c(c3)CC(C)O4)C(=O)C(=O)N2c2ccc(OC)cc2)cc1. The standard InChI is InChI=1S/C31H32N2O5/c1-5-32(6-2)23-10-7-20(8-11-23)28-27(29(34)21-9-16-26-22(18-21)17-19(3)38-26)30(35)31(36)33(28)24-12-14-25(37-4)15-13-24/h7-16,18-19,28,34H,5-6,17H2,1-4H3/b29-27-. The summed E-state index contributed by atoms with van der Waals surface area (Å²) in [6, 6.07) is 19.4. The fourth-order valence-corrected chi connectivity index (χ4v) is 5.34. The number of rotatable bonds is 7. The Balaban J connectivity index is 1.64. The molecule has 196 valence electrons. The number of Topliss-reactive ketones (excluding diaryl/α,β-unsaturated/α-hetero) is 1. The molecule has 2 unspecified atom stereocenters. The second kappa shape index (κ2) is 10.2. The number of fused-ring (bicyclic) bond motifs is 1. The Hall–Kier alpha value is -4.26. The molecule has 0 spiro atoms. The number of carbonyl (C=O) groups is 2. The number of aliphatic hydroxyl groups is 1. The quantitative estimate of drug-likeness (QED) is 0.256. The van der Waals surface area contributed by atoms with Crippen molar-refractivity contribution in [2.75, 3.05) is 30.0 Å². The third-order valence-electron chi connectivity index (χ3n) is 7.30. The first-order chi connectivity index (χ1) is 18.4. The lowest BCUT2D eigenvalue weighted by Gasteiger charge is -2.27. The molecule has 3 aromatic rings. The second-order valence-corrected chi connectivity index (χ2v) is 9.59. The van der Waals surface area contributed by atoms with Crippen molar-refractivity contribution >= 4 is 28.8 Å². The molecule has 2 heterocycles. The summed E-state index contributed by atoms with van der Waals surface area (Å²) in [5, 5.41) is 11.5. The first-order valence-electron chi connectivity index (χ1n) is 13.0. The van der Waals surface area contributed by atoms with Gasteiger partial charge in [0, 0.05) is 36.4 Å². The molecule has 7 heteroatoms. The molecule has 1 amide bonds.